The van der Waals surface area contributed by atoms with Crippen molar-refractivity contribution in [2.75, 3.05) is 19.0 Å². The summed E-state index contributed by atoms with van der Waals surface area (Å²) in [7, 11) is 1.59. The largest absolute Gasteiger partial charge is 0.497 e. The van der Waals surface area contributed by atoms with Crippen LogP contribution in [-0.4, -0.2) is 29.8 Å². The van der Waals surface area contributed by atoms with Crippen LogP contribution in [0.25, 0.3) is 22.8 Å². The van der Waals surface area contributed by atoms with Gasteiger partial charge in [-0.3, -0.25) is 4.79 Å². The number of anilines is 1. The summed E-state index contributed by atoms with van der Waals surface area (Å²) in [6, 6.07) is 21.3. The molecule has 1 heterocycles. The van der Waals surface area contributed by atoms with Gasteiger partial charge in [0.25, 0.3) is 11.8 Å². The zero-order valence-electron chi connectivity index (χ0n) is 16.5. The predicted octanol–water partition coefficient (Wildman–Crippen LogP) is 5.08. The molecule has 8 heteroatoms. The van der Waals surface area contributed by atoms with Crippen molar-refractivity contribution in [3.05, 3.63) is 77.8 Å². The molecule has 0 atom stereocenters. The number of carbonyl (C=O) groups excluding carboxylic acids is 1. The first-order valence-corrected chi connectivity index (χ1v) is 9.76. The van der Waals surface area contributed by atoms with Crippen LogP contribution in [0.4, 0.5) is 5.69 Å². The van der Waals surface area contributed by atoms with Gasteiger partial charge in [0, 0.05) is 16.3 Å². The Hall–Kier alpha value is -3.84. The van der Waals surface area contributed by atoms with Gasteiger partial charge in [0.15, 0.2) is 6.61 Å². The number of aromatic nitrogens is 2. The molecule has 1 amide bonds. The van der Waals surface area contributed by atoms with Crippen molar-refractivity contribution in [1.82, 2.24) is 10.1 Å². The number of hydrogen-bond acceptors (Lipinski definition) is 6. The first kappa shape index (κ1) is 20.4. The third-order valence-electron chi connectivity index (χ3n) is 4.36. The van der Waals surface area contributed by atoms with Crippen LogP contribution >= 0.6 is 11.6 Å². The van der Waals surface area contributed by atoms with Gasteiger partial charge in [-0.05, 0) is 54.6 Å². The van der Waals surface area contributed by atoms with Crippen LogP contribution in [0.5, 0.6) is 11.5 Å². The maximum atomic E-state index is 12.2. The maximum absolute atomic E-state index is 12.2. The van der Waals surface area contributed by atoms with E-state index in [4.69, 9.17) is 25.6 Å². The van der Waals surface area contributed by atoms with Gasteiger partial charge in [-0.15, -0.1) is 0 Å². The summed E-state index contributed by atoms with van der Waals surface area (Å²) in [5.41, 5.74) is 1.98. The normalized spacial score (nSPS) is 10.5. The molecule has 0 aliphatic rings. The lowest BCUT2D eigenvalue weighted by Gasteiger charge is -2.10. The van der Waals surface area contributed by atoms with Gasteiger partial charge in [0.2, 0.25) is 5.82 Å². The van der Waals surface area contributed by atoms with Gasteiger partial charge >= 0.3 is 0 Å². The number of amides is 1. The fourth-order valence-electron chi connectivity index (χ4n) is 2.86. The molecule has 156 valence electrons. The van der Waals surface area contributed by atoms with E-state index >= 15 is 0 Å². The smallest absolute Gasteiger partial charge is 0.262 e. The van der Waals surface area contributed by atoms with Gasteiger partial charge in [-0.1, -0.05) is 35.0 Å². The lowest BCUT2D eigenvalue weighted by Crippen LogP contribution is -2.20. The maximum Gasteiger partial charge on any atom is 0.262 e. The Morgan fingerprint density at radius 2 is 1.87 bits per heavy atom. The van der Waals surface area contributed by atoms with Crippen molar-refractivity contribution >= 4 is 23.2 Å². The van der Waals surface area contributed by atoms with Crippen LogP contribution in [0, 0.1) is 0 Å². The fourth-order valence-corrected chi connectivity index (χ4v) is 2.98. The fraction of sp³-hybridized carbons (Fsp3) is 0.0870. The average molecular weight is 436 g/mol. The number of nitrogens with zero attached hydrogens (tertiary/aromatic N) is 2. The number of carbonyl (C=O) groups is 1. The second-order valence-corrected chi connectivity index (χ2v) is 6.93. The van der Waals surface area contributed by atoms with Crippen LogP contribution in [-0.2, 0) is 4.79 Å². The van der Waals surface area contributed by atoms with Crippen LogP contribution in [0.2, 0.25) is 5.02 Å². The SMILES string of the molecule is COc1cccc(-c2nc(-c3ccccc3OCC(=O)Nc3ccc(Cl)cc3)no2)c1. The number of hydrogen-bond donors (Lipinski definition) is 1. The second kappa shape index (κ2) is 9.32. The van der Waals surface area contributed by atoms with E-state index < -0.39 is 0 Å². The molecule has 0 aliphatic carbocycles. The molecule has 0 radical (unpaired) electrons. The summed E-state index contributed by atoms with van der Waals surface area (Å²) >= 11 is 5.86. The summed E-state index contributed by atoms with van der Waals surface area (Å²) in [6.07, 6.45) is 0. The van der Waals surface area contributed by atoms with Crippen molar-refractivity contribution in [3.8, 4) is 34.3 Å². The van der Waals surface area contributed by atoms with Gasteiger partial charge in [0.05, 0.1) is 12.7 Å². The molecule has 3 aromatic carbocycles. The molecular formula is C23H18ClN3O4. The minimum atomic E-state index is -0.303. The summed E-state index contributed by atoms with van der Waals surface area (Å²) in [5, 5.41) is 7.41. The van der Waals surface area contributed by atoms with Gasteiger partial charge in [0.1, 0.15) is 11.5 Å². The number of methoxy groups -OCH3 is 1. The van der Waals surface area contributed by atoms with Crippen molar-refractivity contribution in [2.45, 2.75) is 0 Å². The molecule has 0 spiro atoms. The molecule has 31 heavy (non-hydrogen) atoms. The van der Waals surface area contributed by atoms with E-state index in [1.165, 1.54) is 0 Å². The van der Waals surface area contributed by atoms with E-state index in [0.717, 1.165) is 5.56 Å². The Morgan fingerprint density at radius 1 is 1.06 bits per heavy atom. The highest BCUT2D eigenvalue weighted by Crippen LogP contribution is 2.30. The Balaban J connectivity index is 1.48. The third-order valence-corrected chi connectivity index (χ3v) is 4.61. The number of benzene rings is 3. The molecule has 1 N–H and O–H groups in total. The van der Waals surface area contributed by atoms with Crippen LogP contribution in [0.15, 0.2) is 77.3 Å². The molecule has 0 aliphatic heterocycles. The van der Waals surface area contributed by atoms with Gasteiger partial charge in [-0.2, -0.15) is 4.98 Å². The van der Waals surface area contributed by atoms with Crippen LogP contribution in [0.1, 0.15) is 0 Å². The van der Waals surface area contributed by atoms with Crippen molar-refractivity contribution in [3.63, 3.8) is 0 Å². The lowest BCUT2D eigenvalue weighted by molar-refractivity contribution is -0.118. The van der Waals surface area contributed by atoms with Crippen molar-refractivity contribution < 1.29 is 18.8 Å². The molecule has 0 saturated heterocycles. The molecule has 0 saturated carbocycles. The van der Waals surface area contributed by atoms with Crippen molar-refractivity contribution in [2.24, 2.45) is 0 Å². The van der Waals surface area contributed by atoms with E-state index in [9.17, 15) is 4.79 Å². The first-order chi connectivity index (χ1) is 15.1. The quantitative estimate of drug-likeness (QED) is 0.435. The van der Waals surface area contributed by atoms with E-state index in [2.05, 4.69) is 15.5 Å². The van der Waals surface area contributed by atoms with Gasteiger partial charge in [-0.25, -0.2) is 0 Å². The van der Waals surface area contributed by atoms with E-state index in [0.29, 0.717) is 39.5 Å². The Bertz CT molecular complexity index is 1190. The zero-order chi connectivity index (χ0) is 21.6. The number of para-hydroxylation sites is 1. The predicted molar refractivity (Wildman–Crippen MR) is 117 cm³/mol. The van der Waals surface area contributed by atoms with Crippen molar-refractivity contribution in [1.29, 1.82) is 0 Å². The molecule has 4 rings (SSSR count). The molecule has 4 aromatic rings. The number of nitrogens with one attached hydrogen (secondary N) is 1. The second-order valence-electron chi connectivity index (χ2n) is 6.49. The highest BCUT2D eigenvalue weighted by molar-refractivity contribution is 6.30. The number of rotatable bonds is 7. The molecule has 1 aromatic heterocycles. The monoisotopic (exact) mass is 435 g/mol. The van der Waals surface area contributed by atoms with Crippen LogP contribution in [0.3, 0.4) is 0 Å². The minimum absolute atomic E-state index is 0.180. The third kappa shape index (κ3) is 5.02. The van der Waals surface area contributed by atoms with Gasteiger partial charge < -0.3 is 19.3 Å². The minimum Gasteiger partial charge on any atom is -0.497 e. The number of halogens is 1. The molecule has 0 unspecified atom stereocenters. The zero-order valence-corrected chi connectivity index (χ0v) is 17.3. The molecule has 7 nitrogen and oxygen atoms in total. The Kier molecular flexibility index (Phi) is 6.14. The van der Waals surface area contributed by atoms with E-state index in [1.54, 1.807) is 55.6 Å². The topological polar surface area (TPSA) is 86.5 Å². The average Bonchev–Trinajstić information content (AvgIpc) is 3.30. The van der Waals surface area contributed by atoms with E-state index in [-0.39, 0.29) is 12.5 Å². The summed E-state index contributed by atoms with van der Waals surface area (Å²) < 4.78 is 16.4. The number of ether oxygens (including phenoxy) is 2. The highest BCUT2D eigenvalue weighted by Gasteiger charge is 2.16. The summed E-state index contributed by atoms with van der Waals surface area (Å²) in [5.74, 6) is 1.55. The molecule has 0 fully saturated rings. The summed E-state index contributed by atoms with van der Waals surface area (Å²) in [6.45, 7) is -0.180. The Morgan fingerprint density at radius 3 is 2.68 bits per heavy atom. The molecular weight excluding hydrogens is 418 g/mol. The summed E-state index contributed by atoms with van der Waals surface area (Å²) in [4.78, 5) is 16.7. The lowest BCUT2D eigenvalue weighted by atomic mass is 10.2. The Labute approximate surface area is 183 Å². The van der Waals surface area contributed by atoms with Crippen LogP contribution < -0.4 is 14.8 Å². The van der Waals surface area contributed by atoms with E-state index in [1.807, 2.05) is 24.3 Å². The highest BCUT2D eigenvalue weighted by atomic mass is 35.5. The molecule has 0 bridgehead atoms. The standard InChI is InChI=1S/C23H18ClN3O4/c1-29-18-6-4-5-15(13-18)23-26-22(27-31-23)19-7-2-3-8-20(19)30-14-21(28)25-17-11-9-16(24)10-12-17/h2-13H,14H2,1H3,(H,25,28). The first-order valence-electron chi connectivity index (χ1n) is 9.38.